The van der Waals surface area contributed by atoms with Gasteiger partial charge in [0.15, 0.2) is 17.1 Å². The van der Waals surface area contributed by atoms with Crippen molar-refractivity contribution in [2.24, 2.45) is 0 Å². The van der Waals surface area contributed by atoms with E-state index >= 15 is 0 Å². The molecule has 0 fully saturated rings. The zero-order valence-electron chi connectivity index (χ0n) is 19.6. The van der Waals surface area contributed by atoms with Gasteiger partial charge < -0.3 is 10.2 Å². The normalized spacial score (nSPS) is 13.9. The molecule has 0 saturated heterocycles. The maximum atomic E-state index is 13.7. The molecule has 36 heavy (non-hydrogen) atoms. The van der Waals surface area contributed by atoms with E-state index in [1.54, 1.807) is 21.6 Å². The lowest BCUT2D eigenvalue weighted by atomic mass is 9.99. The van der Waals surface area contributed by atoms with E-state index in [1.807, 2.05) is 48.5 Å². The molecular weight excluding hydrogens is 452 g/mol. The van der Waals surface area contributed by atoms with E-state index in [0.717, 1.165) is 36.1 Å². The predicted molar refractivity (Wildman–Crippen MR) is 139 cm³/mol. The average molecular weight is 475 g/mol. The van der Waals surface area contributed by atoms with Crippen molar-refractivity contribution in [1.82, 2.24) is 34.0 Å². The molecule has 9 nitrogen and oxygen atoms in total. The van der Waals surface area contributed by atoms with Gasteiger partial charge in [-0.1, -0.05) is 24.3 Å². The van der Waals surface area contributed by atoms with Crippen LogP contribution in [0.5, 0.6) is 0 Å². The van der Waals surface area contributed by atoms with E-state index in [9.17, 15) is 4.79 Å². The first-order valence-corrected chi connectivity index (χ1v) is 11.8. The molecule has 0 saturated carbocycles. The number of benzene rings is 2. The summed E-state index contributed by atoms with van der Waals surface area (Å²) in [4.78, 5) is 34.3. The highest BCUT2D eigenvalue weighted by Gasteiger charge is 2.19. The summed E-state index contributed by atoms with van der Waals surface area (Å²) in [7, 11) is 2.14. The number of nitrogens with zero attached hydrogens (tertiary/aromatic N) is 7. The lowest BCUT2D eigenvalue weighted by Gasteiger charge is -2.25. The van der Waals surface area contributed by atoms with Crippen molar-refractivity contribution in [1.29, 1.82) is 0 Å². The highest BCUT2D eigenvalue weighted by Crippen LogP contribution is 2.26. The second-order valence-electron chi connectivity index (χ2n) is 9.10. The molecule has 0 unspecified atom stereocenters. The standard InChI is InChI=1S/C27H22N8O/c1-33-13-11-17-14-19(10-9-18(17)16-33)30-27-29-15-21-24(32-27)31-25-20-6-2-3-7-22(20)34(35(25)26(21)36)23-8-4-5-12-28-23/h2-10,12,14-15H,11,13,16H2,1H3,(H,29,30,32). The Bertz CT molecular complexity index is 1840. The topological polar surface area (TPSA) is 93.2 Å². The van der Waals surface area contributed by atoms with Crippen molar-refractivity contribution >= 4 is 39.2 Å². The highest BCUT2D eigenvalue weighted by molar-refractivity contribution is 5.95. The Kier molecular flexibility index (Phi) is 4.58. The number of aromatic nitrogens is 6. The third kappa shape index (κ3) is 3.24. The fraction of sp³-hybridized carbons (Fsp3) is 0.148. The zero-order valence-corrected chi connectivity index (χ0v) is 19.6. The van der Waals surface area contributed by atoms with Crippen molar-refractivity contribution in [3.05, 3.63) is 94.5 Å². The SMILES string of the molecule is CN1CCc2cc(Nc3ncc4c(=O)n5c(nc4n3)c3ccccc3n5-c3ccccn3)ccc2C1. The summed E-state index contributed by atoms with van der Waals surface area (Å²) >= 11 is 0. The largest absolute Gasteiger partial charge is 0.324 e. The summed E-state index contributed by atoms with van der Waals surface area (Å²) in [6.07, 6.45) is 4.26. The van der Waals surface area contributed by atoms with Crippen molar-refractivity contribution in [2.45, 2.75) is 13.0 Å². The molecule has 0 aliphatic carbocycles. The Balaban J connectivity index is 1.37. The number of hydrogen-bond donors (Lipinski definition) is 1. The van der Waals surface area contributed by atoms with E-state index in [0.29, 0.717) is 28.4 Å². The van der Waals surface area contributed by atoms with Crippen LogP contribution < -0.4 is 10.9 Å². The smallest absolute Gasteiger partial charge is 0.284 e. The summed E-state index contributed by atoms with van der Waals surface area (Å²) in [6.45, 7) is 2.00. The maximum Gasteiger partial charge on any atom is 0.284 e. The fourth-order valence-corrected chi connectivity index (χ4v) is 4.95. The van der Waals surface area contributed by atoms with Gasteiger partial charge in [-0.15, -0.1) is 0 Å². The van der Waals surface area contributed by atoms with Gasteiger partial charge in [0, 0.05) is 36.6 Å². The molecule has 1 aliphatic heterocycles. The Hall–Kier alpha value is -4.63. The second-order valence-corrected chi connectivity index (χ2v) is 9.10. The van der Waals surface area contributed by atoms with Crippen molar-refractivity contribution in [3.63, 3.8) is 0 Å². The molecule has 2 aromatic carbocycles. The van der Waals surface area contributed by atoms with E-state index in [1.165, 1.54) is 11.1 Å². The van der Waals surface area contributed by atoms with Gasteiger partial charge in [-0.05, 0) is 61.0 Å². The van der Waals surface area contributed by atoms with Crippen LogP contribution in [-0.2, 0) is 13.0 Å². The van der Waals surface area contributed by atoms with Gasteiger partial charge in [-0.25, -0.2) is 19.6 Å². The quantitative estimate of drug-likeness (QED) is 0.418. The monoisotopic (exact) mass is 474 g/mol. The molecule has 0 radical (unpaired) electrons. The minimum Gasteiger partial charge on any atom is -0.324 e. The fourth-order valence-electron chi connectivity index (χ4n) is 4.95. The first kappa shape index (κ1) is 20.7. The number of nitrogens with one attached hydrogen (secondary N) is 1. The molecule has 4 aromatic heterocycles. The number of anilines is 2. The molecule has 0 atom stereocenters. The van der Waals surface area contributed by atoms with E-state index < -0.39 is 0 Å². The molecule has 6 aromatic rings. The lowest BCUT2D eigenvalue weighted by Crippen LogP contribution is -2.26. The lowest BCUT2D eigenvalue weighted by molar-refractivity contribution is 0.313. The third-order valence-electron chi connectivity index (χ3n) is 6.71. The number of para-hydroxylation sites is 1. The average Bonchev–Trinajstić information content (AvgIpc) is 3.24. The predicted octanol–water partition coefficient (Wildman–Crippen LogP) is 3.71. The number of hydrogen-bond acceptors (Lipinski definition) is 7. The van der Waals surface area contributed by atoms with Crippen LogP contribution in [0.15, 0.2) is 77.9 Å². The van der Waals surface area contributed by atoms with Crippen LogP contribution in [0.3, 0.4) is 0 Å². The van der Waals surface area contributed by atoms with E-state index in [4.69, 9.17) is 4.98 Å². The van der Waals surface area contributed by atoms with Crippen LogP contribution in [0.25, 0.3) is 33.4 Å². The van der Waals surface area contributed by atoms with Gasteiger partial charge in [-0.2, -0.15) is 9.50 Å². The van der Waals surface area contributed by atoms with E-state index in [-0.39, 0.29) is 5.56 Å². The Labute approximate surface area is 205 Å². The van der Waals surface area contributed by atoms with Crippen molar-refractivity contribution < 1.29 is 0 Å². The summed E-state index contributed by atoms with van der Waals surface area (Å²) in [5, 5.41) is 4.48. The minimum atomic E-state index is -0.249. The first-order chi connectivity index (χ1) is 17.7. The minimum absolute atomic E-state index is 0.249. The van der Waals surface area contributed by atoms with Crippen LogP contribution in [-0.4, -0.2) is 47.6 Å². The number of rotatable bonds is 3. The molecule has 176 valence electrons. The molecule has 1 aliphatic rings. The van der Waals surface area contributed by atoms with Gasteiger partial charge in [0.05, 0.1) is 5.52 Å². The van der Waals surface area contributed by atoms with E-state index in [2.05, 4.69) is 44.3 Å². The second kappa shape index (κ2) is 7.96. The Morgan fingerprint density at radius 1 is 0.917 bits per heavy atom. The molecular formula is C27H22N8O. The van der Waals surface area contributed by atoms with Crippen LogP contribution in [0, 0.1) is 0 Å². The molecule has 9 heteroatoms. The number of fused-ring (bicyclic) bond motifs is 5. The van der Waals surface area contributed by atoms with Crippen LogP contribution >= 0.6 is 0 Å². The Morgan fingerprint density at radius 2 is 1.81 bits per heavy atom. The summed E-state index contributed by atoms with van der Waals surface area (Å²) in [5.74, 6) is 1.03. The van der Waals surface area contributed by atoms with Crippen molar-refractivity contribution in [2.75, 3.05) is 18.9 Å². The third-order valence-corrected chi connectivity index (χ3v) is 6.71. The van der Waals surface area contributed by atoms with Crippen LogP contribution in [0.4, 0.5) is 11.6 Å². The zero-order chi connectivity index (χ0) is 24.2. The number of pyridine rings is 1. The molecule has 0 bridgehead atoms. The van der Waals surface area contributed by atoms with Crippen LogP contribution in [0.1, 0.15) is 11.1 Å². The molecule has 7 rings (SSSR count). The van der Waals surface area contributed by atoms with Gasteiger partial charge in [-0.3, -0.25) is 4.79 Å². The summed E-state index contributed by atoms with van der Waals surface area (Å²) in [5.41, 5.74) is 5.05. The molecule has 0 spiro atoms. The maximum absolute atomic E-state index is 13.7. The first-order valence-electron chi connectivity index (χ1n) is 11.8. The molecule has 0 amide bonds. The van der Waals surface area contributed by atoms with Gasteiger partial charge >= 0.3 is 0 Å². The van der Waals surface area contributed by atoms with Gasteiger partial charge in [0.25, 0.3) is 5.56 Å². The Morgan fingerprint density at radius 3 is 2.69 bits per heavy atom. The van der Waals surface area contributed by atoms with Gasteiger partial charge in [0.2, 0.25) is 5.95 Å². The molecule has 1 N–H and O–H groups in total. The highest BCUT2D eigenvalue weighted by atomic mass is 16.1. The summed E-state index contributed by atoms with van der Waals surface area (Å²) < 4.78 is 3.34. The van der Waals surface area contributed by atoms with Crippen LogP contribution in [0.2, 0.25) is 0 Å². The molecule has 5 heterocycles. The summed E-state index contributed by atoms with van der Waals surface area (Å²) in [6, 6.07) is 19.7. The van der Waals surface area contributed by atoms with Gasteiger partial charge in [0.1, 0.15) is 5.39 Å². The number of likely N-dealkylation sites (N-methyl/N-ethyl adjacent to an activating group) is 1. The van der Waals surface area contributed by atoms with Crippen molar-refractivity contribution in [3.8, 4) is 5.82 Å².